The molecule has 0 unspecified atom stereocenters. The minimum atomic E-state index is -2.90. The summed E-state index contributed by atoms with van der Waals surface area (Å²) in [6.07, 6.45) is -0.0942. The lowest BCUT2D eigenvalue weighted by molar-refractivity contribution is -0.136. The van der Waals surface area contributed by atoms with Crippen molar-refractivity contribution >= 4 is 11.7 Å². The summed E-state index contributed by atoms with van der Waals surface area (Å²) in [5.74, 6) is -0.956. The molecule has 1 rings (SSSR count). The van der Waals surface area contributed by atoms with Gasteiger partial charge in [0.1, 0.15) is 5.75 Å². The van der Waals surface area contributed by atoms with Gasteiger partial charge in [0.15, 0.2) is 0 Å². The minimum absolute atomic E-state index is 0.00267. The van der Waals surface area contributed by atoms with E-state index in [0.29, 0.717) is 5.69 Å². The maximum absolute atomic E-state index is 12.0. The number of rotatable bonds is 6. The Hall–Kier alpha value is -1.85. The number of anilines is 1. The fourth-order valence-electron chi connectivity index (χ4n) is 1.12. The molecule has 0 atom stereocenters. The third-order valence-electron chi connectivity index (χ3n) is 1.76. The van der Waals surface area contributed by atoms with E-state index in [-0.39, 0.29) is 18.7 Å². The third kappa shape index (κ3) is 4.12. The van der Waals surface area contributed by atoms with E-state index in [1.807, 2.05) is 0 Å². The number of para-hydroxylation sites is 2. The van der Waals surface area contributed by atoms with E-state index < -0.39 is 12.6 Å². The second-order valence-electron chi connectivity index (χ2n) is 2.95. The van der Waals surface area contributed by atoms with Crippen LogP contribution in [0.4, 0.5) is 14.5 Å². The van der Waals surface area contributed by atoms with Gasteiger partial charge in [0.05, 0.1) is 12.1 Å². The molecule has 0 radical (unpaired) electrons. The molecule has 0 heterocycles. The summed E-state index contributed by atoms with van der Waals surface area (Å²) in [5.41, 5.74) is 0.351. The monoisotopic (exact) mass is 231 g/mol. The number of ether oxygens (including phenoxy) is 1. The highest BCUT2D eigenvalue weighted by atomic mass is 19.3. The zero-order chi connectivity index (χ0) is 12.0. The number of nitrogens with one attached hydrogen (secondary N) is 1. The molecule has 0 bridgehead atoms. The summed E-state index contributed by atoms with van der Waals surface area (Å²) < 4.78 is 28.3. The van der Waals surface area contributed by atoms with E-state index >= 15 is 0 Å². The van der Waals surface area contributed by atoms with Crippen LogP contribution >= 0.6 is 0 Å². The van der Waals surface area contributed by atoms with Crippen LogP contribution in [-0.2, 0) is 4.79 Å². The van der Waals surface area contributed by atoms with Crippen LogP contribution in [0.2, 0.25) is 0 Å². The molecule has 1 aromatic carbocycles. The average Bonchev–Trinajstić information content (AvgIpc) is 2.19. The molecule has 16 heavy (non-hydrogen) atoms. The van der Waals surface area contributed by atoms with Crippen molar-refractivity contribution in [1.82, 2.24) is 0 Å². The van der Waals surface area contributed by atoms with E-state index in [1.165, 1.54) is 6.07 Å². The number of benzene rings is 1. The van der Waals surface area contributed by atoms with Crippen LogP contribution in [0.1, 0.15) is 6.42 Å². The smallest absolute Gasteiger partial charge is 0.387 e. The van der Waals surface area contributed by atoms with Crippen molar-refractivity contribution < 1.29 is 23.4 Å². The van der Waals surface area contributed by atoms with Crippen molar-refractivity contribution in [2.75, 3.05) is 11.9 Å². The van der Waals surface area contributed by atoms with Crippen molar-refractivity contribution in [2.45, 2.75) is 13.0 Å². The summed E-state index contributed by atoms with van der Waals surface area (Å²) in [6, 6.07) is 6.12. The molecule has 0 saturated heterocycles. The molecule has 0 aliphatic carbocycles. The lowest BCUT2D eigenvalue weighted by Crippen LogP contribution is -2.10. The van der Waals surface area contributed by atoms with Crippen LogP contribution in [0.5, 0.6) is 5.75 Å². The Labute approximate surface area is 90.8 Å². The van der Waals surface area contributed by atoms with E-state index in [4.69, 9.17) is 5.11 Å². The highest BCUT2D eigenvalue weighted by Crippen LogP contribution is 2.25. The molecule has 2 N–H and O–H groups in total. The number of hydrogen-bond acceptors (Lipinski definition) is 3. The average molecular weight is 231 g/mol. The first-order valence-electron chi connectivity index (χ1n) is 4.59. The van der Waals surface area contributed by atoms with E-state index in [9.17, 15) is 13.6 Å². The van der Waals surface area contributed by atoms with Crippen molar-refractivity contribution in [3.8, 4) is 5.75 Å². The Balaban J connectivity index is 2.60. The molecule has 88 valence electrons. The number of hydrogen-bond donors (Lipinski definition) is 2. The maximum Gasteiger partial charge on any atom is 0.387 e. The minimum Gasteiger partial charge on any atom is -0.481 e. The summed E-state index contributed by atoms with van der Waals surface area (Å²) in [7, 11) is 0. The van der Waals surface area contributed by atoms with Crippen LogP contribution in [-0.4, -0.2) is 24.2 Å². The zero-order valence-corrected chi connectivity index (χ0v) is 8.32. The molecule has 1 aromatic rings. The van der Waals surface area contributed by atoms with Gasteiger partial charge in [-0.15, -0.1) is 0 Å². The van der Waals surface area contributed by atoms with Gasteiger partial charge in [-0.05, 0) is 12.1 Å². The molecule has 0 saturated carbocycles. The van der Waals surface area contributed by atoms with Gasteiger partial charge >= 0.3 is 12.6 Å². The SMILES string of the molecule is O=C(O)CCNc1ccccc1OC(F)F. The van der Waals surface area contributed by atoms with Gasteiger partial charge in [-0.1, -0.05) is 12.1 Å². The number of aliphatic carboxylic acids is 1. The first kappa shape index (κ1) is 12.2. The second kappa shape index (κ2) is 5.89. The molecule has 0 amide bonds. The highest BCUT2D eigenvalue weighted by molar-refractivity contribution is 5.68. The predicted octanol–water partition coefficient (Wildman–Crippen LogP) is 2.17. The summed E-state index contributed by atoms with van der Waals surface area (Å²) in [5, 5.41) is 11.1. The molecule has 4 nitrogen and oxygen atoms in total. The Kier molecular flexibility index (Phi) is 4.50. The number of halogens is 2. The normalized spacial score (nSPS) is 10.2. The summed E-state index contributed by atoms with van der Waals surface area (Å²) >= 11 is 0. The Bertz CT molecular complexity index is 358. The number of carbonyl (C=O) groups is 1. The second-order valence-corrected chi connectivity index (χ2v) is 2.95. The molecule has 6 heteroatoms. The van der Waals surface area contributed by atoms with Gasteiger partial charge in [-0.2, -0.15) is 8.78 Å². The fourth-order valence-corrected chi connectivity index (χ4v) is 1.12. The van der Waals surface area contributed by atoms with Gasteiger partial charge < -0.3 is 15.2 Å². The molecule has 0 aromatic heterocycles. The Morgan fingerprint density at radius 1 is 1.44 bits per heavy atom. The lowest BCUT2D eigenvalue weighted by atomic mass is 10.3. The van der Waals surface area contributed by atoms with Gasteiger partial charge in [0.2, 0.25) is 0 Å². The standard InChI is InChI=1S/C10H11F2NO3/c11-10(12)16-8-4-2-1-3-7(8)13-6-5-9(14)15/h1-4,10,13H,5-6H2,(H,14,15). The van der Waals surface area contributed by atoms with Crippen LogP contribution in [0.15, 0.2) is 24.3 Å². The first-order valence-corrected chi connectivity index (χ1v) is 4.59. The highest BCUT2D eigenvalue weighted by Gasteiger charge is 2.08. The molecule has 0 fully saturated rings. The van der Waals surface area contributed by atoms with Crippen LogP contribution < -0.4 is 10.1 Å². The third-order valence-corrected chi connectivity index (χ3v) is 1.76. The van der Waals surface area contributed by atoms with E-state index in [0.717, 1.165) is 0 Å². The van der Waals surface area contributed by atoms with Gasteiger partial charge in [-0.3, -0.25) is 4.79 Å². The molecular formula is C10H11F2NO3. The van der Waals surface area contributed by atoms with Gasteiger partial charge in [-0.25, -0.2) is 0 Å². The number of alkyl halides is 2. The van der Waals surface area contributed by atoms with Crippen molar-refractivity contribution in [3.05, 3.63) is 24.3 Å². The topological polar surface area (TPSA) is 58.6 Å². The van der Waals surface area contributed by atoms with E-state index in [1.54, 1.807) is 18.2 Å². The maximum atomic E-state index is 12.0. The van der Waals surface area contributed by atoms with Crippen LogP contribution in [0.3, 0.4) is 0 Å². The number of carboxylic acids is 1. The Morgan fingerprint density at radius 3 is 2.75 bits per heavy atom. The predicted molar refractivity (Wildman–Crippen MR) is 53.8 cm³/mol. The summed E-state index contributed by atoms with van der Waals surface area (Å²) in [6.45, 7) is -2.75. The van der Waals surface area contributed by atoms with Crippen molar-refractivity contribution in [3.63, 3.8) is 0 Å². The van der Waals surface area contributed by atoms with Gasteiger partial charge in [0.25, 0.3) is 0 Å². The molecule has 0 spiro atoms. The zero-order valence-electron chi connectivity index (χ0n) is 8.32. The van der Waals surface area contributed by atoms with Crippen molar-refractivity contribution in [1.29, 1.82) is 0 Å². The van der Waals surface area contributed by atoms with E-state index in [2.05, 4.69) is 10.1 Å². The quantitative estimate of drug-likeness (QED) is 0.787. The molecular weight excluding hydrogens is 220 g/mol. The van der Waals surface area contributed by atoms with Crippen LogP contribution in [0, 0.1) is 0 Å². The Morgan fingerprint density at radius 2 is 2.12 bits per heavy atom. The molecule has 0 aliphatic rings. The van der Waals surface area contributed by atoms with Crippen LogP contribution in [0.25, 0.3) is 0 Å². The largest absolute Gasteiger partial charge is 0.481 e. The molecule has 0 aliphatic heterocycles. The van der Waals surface area contributed by atoms with Gasteiger partial charge in [0, 0.05) is 6.54 Å². The number of carboxylic acid groups (broad SMARTS) is 1. The summed E-state index contributed by atoms with van der Waals surface area (Å²) in [4.78, 5) is 10.3. The lowest BCUT2D eigenvalue weighted by Gasteiger charge is -2.11. The fraction of sp³-hybridized carbons (Fsp3) is 0.300. The first-order chi connectivity index (χ1) is 7.59. The van der Waals surface area contributed by atoms with Crippen molar-refractivity contribution in [2.24, 2.45) is 0 Å².